The van der Waals surface area contributed by atoms with Gasteiger partial charge in [0, 0.05) is 68.3 Å². The Morgan fingerprint density at radius 1 is 0.784 bits per heavy atom. The molecule has 7 unspecified atom stereocenters. The number of carbonyl (C=O) groups is 9. The van der Waals surface area contributed by atoms with Crippen LogP contribution >= 0.6 is 0 Å². The van der Waals surface area contributed by atoms with E-state index in [1.807, 2.05) is 73.7 Å². The molecular formula is C53H66N12O9. The predicted molar refractivity (Wildman–Crippen MR) is 274 cm³/mol. The molecule has 7 rings (SSSR count). The van der Waals surface area contributed by atoms with Gasteiger partial charge in [-0.1, -0.05) is 80.4 Å². The number of imidazole rings is 1. The second-order valence-corrected chi connectivity index (χ2v) is 19.1. The van der Waals surface area contributed by atoms with Gasteiger partial charge in [0.05, 0.1) is 12.7 Å². The molecule has 0 bridgehead atoms. The number of hydrogen-bond acceptors (Lipinski definition) is 10. The smallest absolute Gasteiger partial charge is 0.246 e. The van der Waals surface area contributed by atoms with Crippen LogP contribution in [0.25, 0.3) is 21.7 Å². The molecule has 3 aromatic carbocycles. The van der Waals surface area contributed by atoms with Crippen molar-refractivity contribution < 1.29 is 43.2 Å². The lowest BCUT2D eigenvalue weighted by Gasteiger charge is -2.31. The number of hydrogen-bond donors (Lipinski definition) is 10. The topological polar surface area (TPSA) is 312 Å². The van der Waals surface area contributed by atoms with Crippen LogP contribution in [0.2, 0.25) is 0 Å². The van der Waals surface area contributed by atoms with E-state index in [-0.39, 0.29) is 51.6 Å². The number of aromatic nitrogens is 3. The number of para-hydroxylation sites is 1. The van der Waals surface area contributed by atoms with Crippen LogP contribution in [0.4, 0.5) is 0 Å². The molecule has 2 saturated heterocycles. The van der Waals surface area contributed by atoms with Gasteiger partial charge in [-0.2, -0.15) is 0 Å². The number of fused-ring (bicyclic) bond motifs is 3. The third-order valence-corrected chi connectivity index (χ3v) is 13.5. The minimum absolute atomic E-state index is 0.0118. The Hall–Kier alpha value is -8.10. The number of unbranched alkanes of at least 4 members (excludes halogenated alkanes) is 1. The van der Waals surface area contributed by atoms with Gasteiger partial charge in [0.1, 0.15) is 42.3 Å². The maximum Gasteiger partial charge on any atom is 0.246 e. The van der Waals surface area contributed by atoms with Crippen LogP contribution in [0.3, 0.4) is 0 Å². The number of carbonyl (C=O) groups excluding carboxylic acids is 9. The zero-order valence-corrected chi connectivity index (χ0v) is 41.7. The van der Waals surface area contributed by atoms with Gasteiger partial charge in [-0.05, 0) is 66.5 Å². The molecule has 74 heavy (non-hydrogen) atoms. The Bertz CT molecular complexity index is 2830. The fraction of sp³-hybridized carbons (Fsp3) is 0.434. The molecule has 4 heterocycles. The number of primary amides is 1. The highest BCUT2D eigenvalue weighted by molar-refractivity contribution is 5.99. The van der Waals surface area contributed by atoms with Crippen molar-refractivity contribution in [3.8, 4) is 0 Å². The first-order valence-electron chi connectivity index (χ1n) is 25.3. The van der Waals surface area contributed by atoms with E-state index >= 15 is 4.79 Å². The molecule has 5 aromatic rings. The first-order valence-corrected chi connectivity index (χ1v) is 25.3. The van der Waals surface area contributed by atoms with E-state index in [9.17, 15) is 38.4 Å². The molecule has 0 radical (unpaired) electrons. The quantitative estimate of drug-likeness (QED) is 0.0808. The van der Waals surface area contributed by atoms with E-state index in [1.54, 1.807) is 6.20 Å². The van der Waals surface area contributed by atoms with Crippen molar-refractivity contribution in [2.75, 3.05) is 13.1 Å². The number of rotatable bonds is 13. The lowest BCUT2D eigenvalue weighted by atomic mass is 9.99. The van der Waals surface area contributed by atoms with Crippen molar-refractivity contribution in [3.05, 3.63) is 102 Å². The fourth-order valence-corrected chi connectivity index (χ4v) is 9.59. The minimum Gasteiger partial charge on any atom is -0.368 e. The fourth-order valence-electron chi connectivity index (χ4n) is 9.59. The Kier molecular flexibility index (Phi) is 18.5. The molecule has 0 saturated carbocycles. The summed E-state index contributed by atoms with van der Waals surface area (Å²) >= 11 is 0. The van der Waals surface area contributed by atoms with Crippen LogP contribution in [0.1, 0.15) is 88.5 Å². The van der Waals surface area contributed by atoms with Gasteiger partial charge in [0.2, 0.25) is 53.2 Å². The highest BCUT2D eigenvalue weighted by atomic mass is 16.2. The van der Waals surface area contributed by atoms with E-state index in [2.05, 4.69) is 52.2 Å². The lowest BCUT2D eigenvalue weighted by molar-refractivity contribution is -0.142. The Morgan fingerprint density at radius 2 is 1.51 bits per heavy atom. The molecule has 392 valence electrons. The summed E-state index contributed by atoms with van der Waals surface area (Å²) in [4.78, 5) is 137. The molecular weight excluding hydrogens is 949 g/mol. The van der Waals surface area contributed by atoms with Crippen LogP contribution in [-0.2, 0) is 62.4 Å². The van der Waals surface area contributed by atoms with Crippen LogP contribution in [0, 0.1) is 0 Å². The third kappa shape index (κ3) is 14.3. The van der Waals surface area contributed by atoms with E-state index in [4.69, 9.17) is 5.73 Å². The minimum atomic E-state index is -1.55. The normalized spacial score (nSPS) is 22.4. The molecule has 21 heteroatoms. The number of benzene rings is 3. The second kappa shape index (κ2) is 25.5. The zero-order valence-electron chi connectivity index (χ0n) is 41.7. The molecule has 2 aliphatic rings. The summed E-state index contributed by atoms with van der Waals surface area (Å²) in [6, 6.07) is 12.0. The Balaban J connectivity index is 1.24. The van der Waals surface area contributed by atoms with Gasteiger partial charge in [-0.15, -0.1) is 0 Å². The molecule has 21 nitrogen and oxygen atoms in total. The first kappa shape index (κ1) is 53.7. The van der Waals surface area contributed by atoms with Crippen molar-refractivity contribution in [1.82, 2.24) is 57.1 Å². The van der Waals surface area contributed by atoms with E-state index in [0.717, 1.165) is 21.7 Å². The molecule has 11 N–H and O–H groups in total. The number of aromatic amines is 2. The van der Waals surface area contributed by atoms with Crippen molar-refractivity contribution in [2.45, 2.75) is 133 Å². The summed E-state index contributed by atoms with van der Waals surface area (Å²) in [5.74, 6) is -6.25. The number of nitrogens with two attached hydrogens (primary N) is 1. The van der Waals surface area contributed by atoms with E-state index < -0.39 is 102 Å². The Labute approximate surface area is 428 Å². The van der Waals surface area contributed by atoms with E-state index in [1.165, 1.54) is 24.3 Å². The lowest BCUT2D eigenvalue weighted by Crippen LogP contribution is -2.61. The molecule has 2 aromatic heterocycles. The monoisotopic (exact) mass is 1010 g/mol. The van der Waals surface area contributed by atoms with Crippen LogP contribution in [-0.4, -0.2) is 128 Å². The van der Waals surface area contributed by atoms with Gasteiger partial charge in [0.15, 0.2) is 0 Å². The molecule has 2 fully saturated rings. The maximum absolute atomic E-state index is 15.1. The Morgan fingerprint density at radius 3 is 2.27 bits per heavy atom. The van der Waals surface area contributed by atoms with Gasteiger partial charge < -0.3 is 57.8 Å². The van der Waals surface area contributed by atoms with Crippen molar-refractivity contribution in [1.29, 1.82) is 0 Å². The molecule has 7 atom stereocenters. The molecule has 0 spiro atoms. The van der Waals surface area contributed by atoms with Gasteiger partial charge >= 0.3 is 0 Å². The molecule has 2 aliphatic heterocycles. The summed E-state index contributed by atoms with van der Waals surface area (Å²) in [5.41, 5.74) is 8.45. The van der Waals surface area contributed by atoms with Crippen LogP contribution < -0.4 is 43.0 Å². The predicted octanol–water partition coefficient (Wildman–Crippen LogP) is 1.36. The van der Waals surface area contributed by atoms with Crippen molar-refractivity contribution in [2.24, 2.45) is 5.73 Å². The van der Waals surface area contributed by atoms with E-state index in [0.29, 0.717) is 48.9 Å². The first-order chi connectivity index (χ1) is 35.7. The van der Waals surface area contributed by atoms with Gasteiger partial charge in [0.25, 0.3) is 0 Å². The second-order valence-electron chi connectivity index (χ2n) is 19.1. The van der Waals surface area contributed by atoms with Gasteiger partial charge in [-0.3, -0.25) is 43.2 Å². The molecule has 0 aliphatic carbocycles. The number of H-pyrrole nitrogens is 2. The highest BCUT2D eigenvalue weighted by Gasteiger charge is 2.41. The standard InChI is InChI=1S/C53H66N12O9/c1-3-4-15-40(59-31(2)66)48(69)62-43-27-46(67)56-21-10-9-17-39(47(54)68)60-49(70)41(25-35-28-57-38-16-8-7-14-37(35)38)63-52(73)45-18-11-22-65(45)53(74)44(24-32-19-20-33-12-5-6-13-34(33)23-32)64-50(71)42(61-51(43)72)26-36-29-55-30-58-36/h5-8,12-14,16,19-20,23,28-30,39-45,57H,3-4,9-11,15,17-18,21-22,24-27H2,1-2H3,(H2,54,68)(H,55,58)(H,56,67)(H,59,66)(H,60,70)(H,61,72)(H,62,69)(H,63,73)(H,64,71). The molecule has 9 amide bonds. The summed E-state index contributed by atoms with van der Waals surface area (Å²) in [6.45, 7) is 3.38. The number of nitrogens with one attached hydrogen (secondary N) is 9. The largest absolute Gasteiger partial charge is 0.368 e. The highest BCUT2D eigenvalue weighted by Crippen LogP contribution is 2.24. The van der Waals surface area contributed by atoms with Crippen LogP contribution in [0.15, 0.2) is 85.5 Å². The maximum atomic E-state index is 15.1. The van der Waals surface area contributed by atoms with Gasteiger partial charge in [-0.25, -0.2) is 4.98 Å². The SMILES string of the molecule is CCCCC(NC(C)=O)C(=O)NC1CC(=O)NCCCCC(C(N)=O)NC(=O)C(Cc2c[nH]c3ccccc23)NC(=O)C2CCCN2C(=O)C(Cc2ccc3ccccc3c2)NC(=O)C(Cc2cnc[nH]2)NC1=O. The summed E-state index contributed by atoms with van der Waals surface area (Å²) in [6.07, 6.45) is 6.70. The summed E-state index contributed by atoms with van der Waals surface area (Å²) < 4.78 is 0. The average Bonchev–Trinajstić information content (AvgIpc) is 4.18. The summed E-state index contributed by atoms with van der Waals surface area (Å²) in [5, 5.41) is 21.9. The third-order valence-electron chi connectivity index (χ3n) is 13.5. The van der Waals surface area contributed by atoms with Crippen molar-refractivity contribution in [3.63, 3.8) is 0 Å². The number of nitrogens with zero attached hydrogens (tertiary/aromatic N) is 2. The average molecular weight is 1020 g/mol. The number of amides is 9. The van der Waals surface area contributed by atoms with Crippen LogP contribution in [0.5, 0.6) is 0 Å². The zero-order chi connectivity index (χ0) is 52.7. The van der Waals surface area contributed by atoms with Crippen molar-refractivity contribution >= 4 is 74.8 Å². The summed E-state index contributed by atoms with van der Waals surface area (Å²) in [7, 11) is 0.